The number of hydrogen-bond acceptors (Lipinski definition) is 3. The summed E-state index contributed by atoms with van der Waals surface area (Å²) in [5, 5.41) is 9.38. The third kappa shape index (κ3) is 5.73. The molecule has 2 rings (SSSR count). The maximum atomic E-state index is 8.63. The van der Waals surface area contributed by atoms with Gasteiger partial charge in [-0.25, -0.2) is 0 Å². The average molecular weight is 319 g/mol. The standard InChI is InChI=1S/C17H15ClO2S/c18-15-5-9-17(10-6-15)21-13-12-20-16-7-3-14(4-8-16)2-1-11-19/h3-10,19H,11-13H2. The van der Waals surface area contributed by atoms with Crippen molar-refractivity contribution < 1.29 is 9.84 Å². The predicted octanol–water partition coefficient (Wildman–Crippen LogP) is 3.85. The van der Waals surface area contributed by atoms with E-state index in [0.29, 0.717) is 6.61 Å². The van der Waals surface area contributed by atoms with Crippen molar-refractivity contribution in [3.63, 3.8) is 0 Å². The van der Waals surface area contributed by atoms with Crippen LogP contribution in [0.2, 0.25) is 5.02 Å². The molecule has 2 aromatic carbocycles. The first-order valence-electron chi connectivity index (χ1n) is 6.49. The lowest BCUT2D eigenvalue weighted by molar-refractivity contribution is 0.344. The molecule has 0 aliphatic heterocycles. The summed E-state index contributed by atoms with van der Waals surface area (Å²) in [4.78, 5) is 1.18. The second-order valence-electron chi connectivity index (χ2n) is 4.14. The van der Waals surface area contributed by atoms with Gasteiger partial charge in [-0.3, -0.25) is 0 Å². The van der Waals surface area contributed by atoms with Crippen LogP contribution in [0.1, 0.15) is 5.56 Å². The molecule has 2 nitrogen and oxygen atoms in total. The summed E-state index contributed by atoms with van der Waals surface area (Å²) >= 11 is 7.57. The van der Waals surface area contributed by atoms with E-state index in [4.69, 9.17) is 21.4 Å². The maximum Gasteiger partial charge on any atom is 0.119 e. The van der Waals surface area contributed by atoms with Crippen LogP contribution in [-0.2, 0) is 0 Å². The molecule has 0 fully saturated rings. The SMILES string of the molecule is OCC#Cc1ccc(OCCSc2ccc(Cl)cc2)cc1. The van der Waals surface area contributed by atoms with Gasteiger partial charge in [0.1, 0.15) is 12.4 Å². The van der Waals surface area contributed by atoms with E-state index in [2.05, 4.69) is 11.8 Å². The third-order valence-electron chi connectivity index (χ3n) is 2.60. The molecule has 0 atom stereocenters. The number of aliphatic hydroxyl groups is 1. The van der Waals surface area contributed by atoms with E-state index in [0.717, 1.165) is 22.1 Å². The third-order valence-corrected chi connectivity index (χ3v) is 3.83. The molecule has 0 amide bonds. The summed E-state index contributed by atoms with van der Waals surface area (Å²) < 4.78 is 5.67. The fourth-order valence-electron chi connectivity index (χ4n) is 1.63. The Kier molecular flexibility index (Phi) is 6.49. The smallest absolute Gasteiger partial charge is 0.119 e. The van der Waals surface area contributed by atoms with Gasteiger partial charge in [0.25, 0.3) is 0 Å². The molecule has 1 N–H and O–H groups in total. The largest absolute Gasteiger partial charge is 0.493 e. The highest BCUT2D eigenvalue weighted by Gasteiger charge is 1.97. The zero-order valence-electron chi connectivity index (χ0n) is 11.4. The molecule has 0 spiro atoms. The maximum absolute atomic E-state index is 8.63. The lowest BCUT2D eigenvalue weighted by Crippen LogP contribution is -1.99. The van der Waals surface area contributed by atoms with Crippen LogP contribution in [-0.4, -0.2) is 24.1 Å². The summed E-state index contributed by atoms with van der Waals surface area (Å²) in [6.07, 6.45) is 0. The molecule has 0 saturated heterocycles. The van der Waals surface area contributed by atoms with Gasteiger partial charge in [0.05, 0.1) is 6.61 Å². The van der Waals surface area contributed by atoms with Gasteiger partial charge in [0.15, 0.2) is 0 Å². The van der Waals surface area contributed by atoms with Crippen LogP contribution in [0.5, 0.6) is 5.75 Å². The summed E-state index contributed by atoms with van der Waals surface area (Å²) in [6.45, 7) is 0.509. The van der Waals surface area contributed by atoms with Gasteiger partial charge in [-0.1, -0.05) is 23.4 Å². The van der Waals surface area contributed by atoms with Gasteiger partial charge in [-0.2, -0.15) is 0 Å². The van der Waals surface area contributed by atoms with Gasteiger partial charge in [-0.15, -0.1) is 11.8 Å². The fourth-order valence-corrected chi connectivity index (χ4v) is 2.48. The van der Waals surface area contributed by atoms with Crippen LogP contribution in [0.15, 0.2) is 53.4 Å². The summed E-state index contributed by atoms with van der Waals surface area (Å²) in [5.74, 6) is 7.14. The van der Waals surface area contributed by atoms with Crippen LogP contribution in [0.3, 0.4) is 0 Å². The van der Waals surface area contributed by atoms with Crippen LogP contribution in [0, 0.1) is 11.8 Å². The molecule has 0 heterocycles. The van der Waals surface area contributed by atoms with Gasteiger partial charge in [0, 0.05) is 21.2 Å². The lowest BCUT2D eigenvalue weighted by atomic mass is 10.2. The fraction of sp³-hybridized carbons (Fsp3) is 0.176. The first-order chi connectivity index (χ1) is 10.3. The van der Waals surface area contributed by atoms with Gasteiger partial charge >= 0.3 is 0 Å². The Labute approximate surface area is 134 Å². The Morgan fingerprint density at radius 2 is 1.76 bits per heavy atom. The Morgan fingerprint density at radius 1 is 1.05 bits per heavy atom. The Hall–Kier alpha value is -1.60. The highest BCUT2D eigenvalue weighted by Crippen LogP contribution is 2.20. The number of rotatable bonds is 5. The Morgan fingerprint density at radius 3 is 2.43 bits per heavy atom. The van der Waals surface area contributed by atoms with Crippen molar-refractivity contribution in [2.24, 2.45) is 0 Å². The van der Waals surface area contributed by atoms with Crippen molar-refractivity contribution in [3.05, 3.63) is 59.1 Å². The van der Waals surface area contributed by atoms with Gasteiger partial charge < -0.3 is 9.84 Å². The highest BCUT2D eigenvalue weighted by atomic mass is 35.5. The minimum Gasteiger partial charge on any atom is -0.493 e. The van der Waals surface area contributed by atoms with E-state index in [-0.39, 0.29) is 6.61 Å². The average Bonchev–Trinajstić information content (AvgIpc) is 2.52. The van der Waals surface area contributed by atoms with Crippen molar-refractivity contribution in [1.29, 1.82) is 0 Å². The quantitative estimate of drug-likeness (QED) is 0.516. The minimum absolute atomic E-state index is 0.125. The van der Waals surface area contributed by atoms with E-state index in [9.17, 15) is 0 Å². The summed E-state index contributed by atoms with van der Waals surface area (Å²) in [5.41, 5.74) is 0.868. The van der Waals surface area contributed by atoms with Crippen LogP contribution in [0.4, 0.5) is 0 Å². The van der Waals surface area contributed by atoms with E-state index in [1.54, 1.807) is 11.8 Å². The van der Waals surface area contributed by atoms with E-state index in [1.807, 2.05) is 48.5 Å². The zero-order valence-corrected chi connectivity index (χ0v) is 13.0. The molecule has 0 saturated carbocycles. The second-order valence-corrected chi connectivity index (χ2v) is 5.74. The van der Waals surface area contributed by atoms with E-state index >= 15 is 0 Å². The number of benzene rings is 2. The van der Waals surface area contributed by atoms with Crippen molar-refractivity contribution in [1.82, 2.24) is 0 Å². The zero-order chi connectivity index (χ0) is 14.9. The van der Waals surface area contributed by atoms with Crippen molar-refractivity contribution >= 4 is 23.4 Å². The summed E-state index contributed by atoms with van der Waals surface area (Å²) in [7, 11) is 0. The van der Waals surface area contributed by atoms with Crippen molar-refractivity contribution in [2.45, 2.75) is 4.90 Å². The van der Waals surface area contributed by atoms with E-state index < -0.39 is 0 Å². The minimum atomic E-state index is -0.125. The number of thioether (sulfide) groups is 1. The molecular formula is C17H15ClO2S. The number of hydrogen-bond donors (Lipinski definition) is 1. The molecule has 0 aliphatic carbocycles. The molecular weight excluding hydrogens is 304 g/mol. The normalized spacial score (nSPS) is 9.81. The van der Waals surface area contributed by atoms with Crippen molar-refractivity contribution in [3.8, 4) is 17.6 Å². The molecule has 21 heavy (non-hydrogen) atoms. The highest BCUT2D eigenvalue weighted by molar-refractivity contribution is 7.99. The molecule has 0 bridgehead atoms. The monoisotopic (exact) mass is 318 g/mol. The molecule has 108 valence electrons. The molecule has 4 heteroatoms. The van der Waals surface area contributed by atoms with Crippen LogP contribution < -0.4 is 4.74 Å². The van der Waals surface area contributed by atoms with Gasteiger partial charge in [0.2, 0.25) is 0 Å². The predicted molar refractivity (Wildman–Crippen MR) is 88.1 cm³/mol. The van der Waals surface area contributed by atoms with Crippen LogP contribution in [0.25, 0.3) is 0 Å². The van der Waals surface area contributed by atoms with Crippen LogP contribution >= 0.6 is 23.4 Å². The second kappa shape index (κ2) is 8.63. The lowest BCUT2D eigenvalue weighted by Gasteiger charge is -2.06. The molecule has 2 aromatic rings. The molecule has 0 aromatic heterocycles. The Balaban J connectivity index is 1.74. The summed E-state index contributed by atoms with van der Waals surface area (Å²) in [6, 6.07) is 15.3. The first-order valence-corrected chi connectivity index (χ1v) is 7.85. The number of aliphatic hydroxyl groups excluding tert-OH is 1. The topological polar surface area (TPSA) is 29.5 Å². The first kappa shape index (κ1) is 15.8. The molecule has 0 radical (unpaired) electrons. The van der Waals surface area contributed by atoms with E-state index in [1.165, 1.54) is 4.90 Å². The Bertz CT molecular complexity index is 612. The molecule has 0 aliphatic rings. The van der Waals surface area contributed by atoms with Gasteiger partial charge in [-0.05, 0) is 48.5 Å². The molecule has 0 unspecified atom stereocenters. The number of halogens is 1. The number of ether oxygens (including phenoxy) is 1. The van der Waals surface area contributed by atoms with Crippen molar-refractivity contribution in [2.75, 3.05) is 19.0 Å².